The monoisotopic (exact) mass is 246 g/mol. The van der Waals surface area contributed by atoms with Crippen LogP contribution in [0.4, 0.5) is 5.69 Å². The highest BCUT2D eigenvalue weighted by atomic mass is 15.3. The fourth-order valence-corrected chi connectivity index (χ4v) is 2.80. The summed E-state index contributed by atoms with van der Waals surface area (Å²) >= 11 is 0. The fraction of sp³-hybridized carbons (Fsp3) is 0.625. The summed E-state index contributed by atoms with van der Waals surface area (Å²) in [6, 6.07) is 9.37. The lowest BCUT2D eigenvalue weighted by Crippen LogP contribution is -2.62. The van der Waals surface area contributed by atoms with Gasteiger partial charge in [-0.2, -0.15) is 0 Å². The molecule has 100 valence electrons. The molecule has 2 rings (SSSR count). The Bertz CT molecular complexity index is 402. The zero-order chi connectivity index (χ0) is 13.2. The van der Waals surface area contributed by atoms with Gasteiger partial charge in [0.2, 0.25) is 0 Å². The van der Waals surface area contributed by atoms with Crippen LogP contribution < -0.4 is 10.2 Å². The molecule has 2 nitrogen and oxygen atoms in total. The summed E-state index contributed by atoms with van der Waals surface area (Å²) in [5.74, 6) is 0. The Kier molecular flexibility index (Phi) is 3.96. The summed E-state index contributed by atoms with van der Waals surface area (Å²) in [5.41, 5.74) is 3.04. The Morgan fingerprint density at radius 3 is 2.67 bits per heavy atom. The summed E-state index contributed by atoms with van der Waals surface area (Å²) in [6.45, 7) is 11.3. The maximum Gasteiger partial charge on any atom is 0.0413 e. The van der Waals surface area contributed by atoms with E-state index in [9.17, 15) is 0 Å². The first-order chi connectivity index (χ1) is 8.59. The van der Waals surface area contributed by atoms with Crippen molar-refractivity contribution in [1.29, 1.82) is 0 Å². The molecule has 0 spiro atoms. The molecule has 0 aliphatic carbocycles. The van der Waals surface area contributed by atoms with Crippen LogP contribution in [0.3, 0.4) is 0 Å². The first-order valence-corrected chi connectivity index (χ1v) is 7.17. The number of nitrogens with one attached hydrogen (secondary N) is 1. The highest BCUT2D eigenvalue weighted by Crippen LogP contribution is 2.28. The molecular formula is C16H26N2. The van der Waals surface area contributed by atoms with Gasteiger partial charge in [0.25, 0.3) is 0 Å². The van der Waals surface area contributed by atoms with E-state index < -0.39 is 0 Å². The molecular weight excluding hydrogens is 220 g/mol. The SMILES string of the molecule is CCC1CNC(C)(CC)CN1c1ccccc1C. The zero-order valence-electron chi connectivity index (χ0n) is 12.2. The molecule has 1 heterocycles. The fourth-order valence-electron chi connectivity index (χ4n) is 2.80. The van der Waals surface area contributed by atoms with Crippen molar-refractivity contribution in [2.75, 3.05) is 18.0 Å². The Balaban J connectivity index is 2.29. The second-order valence-electron chi connectivity index (χ2n) is 5.77. The second kappa shape index (κ2) is 5.31. The van der Waals surface area contributed by atoms with Gasteiger partial charge in [0.1, 0.15) is 0 Å². The molecule has 1 aromatic rings. The number of para-hydroxylation sites is 1. The lowest BCUT2D eigenvalue weighted by Gasteiger charge is -2.47. The van der Waals surface area contributed by atoms with Crippen LogP contribution in [0.2, 0.25) is 0 Å². The van der Waals surface area contributed by atoms with E-state index in [1.165, 1.54) is 24.1 Å². The summed E-state index contributed by atoms with van der Waals surface area (Å²) in [6.07, 6.45) is 2.37. The maximum absolute atomic E-state index is 3.72. The molecule has 0 aromatic heterocycles. The highest BCUT2D eigenvalue weighted by Gasteiger charge is 2.34. The van der Waals surface area contributed by atoms with Gasteiger partial charge in [-0.1, -0.05) is 32.0 Å². The van der Waals surface area contributed by atoms with Gasteiger partial charge in [-0.15, -0.1) is 0 Å². The van der Waals surface area contributed by atoms with Gasteiger partial charge >= 0.3 is 0 Å². The third-order valence-corrected chi connectivity index (χ3v) is 4.40. The molecule has 2 atom stereocenters. The van der Waals surface area contributed by atoms with Crippen LogP contribution in [0, 0.1) is 6.92 Å². The molecule has 0 radical (unpaired) electrons. The minimum Gasteiger partial charge on any atom is -0.365 e. The molecule has 0 bridgehead atoms. The average Bonchev–Trinajstić information content (AvgIpc) is 2.39. The van der Waals surface area contributed by atoms with Gasteiger partial charge in [0.15, 0.2) is 0 Å². The Morgan fingerprint density at radius 2 is 2.06 bits per heavy atom. The van der Waals surface area contributed by atoms with E-state index >= 15 is 0 Å². The van der Waals surface area contributed by atoms with Crippen LogP contribution >= 0.6 is 0 Å². The van der Waals surface area contributed by atoms with Crippen LogP contribution in [0.5, 0.6) is 0 Å². The molecule has 2 heteroatoms. The van der Waals surface area contributed by atoms with Gasteiger partial charge < -0.3 is 10.2 Å². The van der Waals surface area contributed by atoms with Gasteiger partial charge in [-0.3, -0.25) is 0 Å². The number of hydrogen-bond acceptors (Lipinski definition) is 2. The van der Waals surface area contributed by atoms with E-state index in [1.54, 1.807) is 0 Å². The van der Waals surface area contributed by atoms with Crippen LogP contribution in [0.25, 0.3) is 0 Å². The highest BCUT2D eigenvalue weighted by molar-refractivity contribution is 5.54. The molecule has 2 unspecified atom stereocenters. The van der Waals surface area contributed by atoms with E-state index in [4.69, 9.17) is 0 Å². The van der Waals surface area contributed by atoms with E-state index in [2.05, 4.69) is 62.2 Å². The number of piperazine rings is 1. The number of hydrogen-bond donors (Lipinski definition) is 1. The number of rotatable bonds is 3. The van der Waals surface area contributed by atoms with Crippen molar-refractivity contribution in [2.45, 2.75) is 52.1 Å². The molecule has 1 aromatic carbocycles. The summed E-state index contributed by atoms with van der Waals surface area (Å²) in [4.78, 5) is 2.61. The van der Waals surface area contributed by atoms with Crippen LogP contribution in [-0.2, 0) is 0 Å². The Hall–Kier alpha value is -1.02. The smallest absolute Gasteiger partial charge is 0.0413 e. The van der Waals surface area contributed by atoms with Crippen molar-refractivity contribution in [2.24, 2.45) is 0 Å². The largest absolute Gasteiger partial charge is 0.365 e. The van der Waals surface area contributed by atoms with Crippen LogP contribution in [0.15, 0.2) is 24.3 Å². The summed E-state index contributed by atoms with van der Waals surface area (Å²) < 4.78 is 0. The number of anilines is 1. The molecule has 1 aliphatic heterocycles. The lowest BCUT2D eigenvalue weighted by atomic mass is 9.92. The first-order valence-electron chi connectivity index (χ1n) is 7.17. The molecule has 1 fully saturated rings. The second-order valence-corrected chi connectivity index (χ2v) is 5.77. The van der Waals surface area contributed by atoms with E-state index in [0.717, 1.165) is 13.1 Å². The van der Waals surface area contributed by atoms with E-state index in [1.807, 2.05) is 0 Å². The average molecular weight is 246 g/mol. The standard InChI is InChI=1S/C16H26N2/c1-5-14-11-17-16(4,6-2)12-18(14)15-10-8-7-9-13(15)3/h7-10,14,17H,5-6,11-12H2,1-4H3. The molecule has 0 amide bonds. The van der Waals surface area contributed by atoms with E-state index in [-0.39, 0.29) is 5.54 Å². The van der Waals surface area contributed by atoms with Crippen LogP contribution in [-0.4, -0.2) is 24.7 Å². The summed E-state index contributed by atoms with van der Waals surface area (Å²) in [7, 11) is 0. The minimum absolute atomic E-state index is 0.244. The molecule has 1 saturated heterocycles. The predicted molar refractivity (Wildman–Crippen MR) is 79.3 cm³/mol. The topological polar surface area (TPSA) is 15.3 Å². The molecule has 1 N–H and O–H groups in total. The molecule has 1 aliphatic rings. The third-order valence-electron chi connectivity index (χ3n) is 4.40. The van der Waals surface area contributed by atoms with Gasteiger partial charge in [0.05, 0.1) is 0 Å². The number of aryl methyl sites for hydroxylation is 1. The molecule has 0 saturated carbocycles. The zero-order valence-corrected chi connectivity index (χ0v) is 12.2. The quantitative estimate of drug-likeness (QED) is 0.880. The van der Waals surface area contributed by atoms with Crippen molar-refractivity contribution in [3.63, 3.8) is 0 Å². The molecule has 18 heavy (non-hydrogen) atoms. The van der Waals surface area contributed by atoms with Gasteiger partial charge in [-0.05, 0) is 38.3 Å². The number of benzene rings is 1. The van der Waals surface area contributed by atoms with Crippen molar-refractivity contribution in [3.05, 3.63) is 29.8 Å². The van der Waals surface area contributed by atoms with Gasteiger partial charge in [0, 0.05) is 30.4 Å². The van der Waals surface area contributed by atoms with Crippen molar-refractivity contribution in [3.8, 4) is 0 Å². The van der Waals surface area contributed by atoms with Crippen molar-refractivity contribution >= 4 is 5.69 Å². The van der Waals surface area contributed by atoms with E-state index in [0.29, 0.717) is 6.04 Å². The van der Waals surface area contributed by atoms with Crippen molar-refractivity contribution < 1.29 is 0 Å². The predicted octanol–water partition coefficient (Wildman–Crippen LogP) is 3.35. The van der Waals surface area contributed by atoms with Crippen LogP contribution in [0.1, 0.15) is 39.2 Å². The number of nitrogens with zero attached hydrogens (tertiary/aromatic N) is 1. The Morgan fingerprint density at radius 1 is 1.33 bits per heavy atom. The lowest BCUT2D eigenvalue weighted by molar-refractivity contribution is 0.276. The normalized spacial score (nSPS) is 28.4. The Labute approximate surface area is 111 Å². The third kappa shape index (κ3) is 2.54. The maximum atomic E-state index is 3.72. The van der Waals surface area contributed by atoms with Gasteiger partial charge in [-0.25, -0.2) is 0 Å². The summed E-state index contributed by atoms with van der Waals surface area (Å²) in [5, 5.41) is 3.72. The van der Waals surface area contributed by atoms with Crippen molar-refractivity contribution in [1.82, 2.24) is 5.32 Å². The first kappa shape index (κ1) is 13.4. The minimum atomic E-state index is 0.244.